The lowest BCUT2D eigenvalue weighted by Gasteiger charge is -2.43. The molecule has 0 saturated heterocycles. The second kappa shape index (κ2) is 3.36. The van der Waals surface area contributed by atoms with Crippen molar-refractivity contribution in [2.45, 2.75) is 52.9 Å². The fraction of sp³-hybridized carbons (Fsp3) is 0.923. The summed E-state index contributed by atoms with van der Waals surface area (Å²) in [6.45, 7) is 6.81. The zero-order valence-corrected chi connectivity index (χ0v) is 9.68. The average molecular weight is 194 g/mol. The van der Waals surface area contributed by atoms with E-state index in [4.69, 9.17) is 0 Å². The Morgan fingerprint density at radius 1 is 1.29 bits per heavy atom. The Morgan fingerprint density at radius 2 is 2.00 bits per heavy atom. The molecule has 0 aromatic rings. The first-order chi connectivity index (χ1) is 6.56. The average Bonchev–Trinajstić information content (AvgIpc) is 2.32. The van der Waals surface area contributed by atoms with Crippen molar-refractivity contribution in [1.29, 1.82) is 0 Å². The highest BCUT2D eigenvalue weighted by Gasteiger charge is 2.51. The zero-order chi connectivity index (χ0) is 10.3. The van der Waals surface area contributed by atoms with Gasteiger partial charge < -0.3 is 0 Å². The molecular formula is C13H22O. The summed E-state index contributed by atoms with van der Waals surface area (Å²) >= 11 is 0. The third-order valence-corrected chi connectivity index (χ3v) is 4.90. The first-order valence-electron chi connectivity index (χ1n) is 6.09. The van der Waals surface area contributed by atoms with Crippen molar-refractivity contribution >= 4 is 5.78 Å². The van der Waals surface area contributed by atoms with Crippen molar-refractivity contribution < 1.29 is 4.79 Å². The van der Waals surface area contributed by atoms with Gasteiger partial charge in [0.2, 0.25) is 0 Å². The van der Waals surface area contributed by atoms with E-state index in [0.29, 0.717) is 23.0 Å². The van der Waals surface area contributed by atoms with E-state index in [1.165, 1.54) is 25.7 Å². The molecule has 4 unspecified atom stereocenters. The van der Waals surface area contributed by atoms with Gasteiger partial charge >= 0.3 is 0 Å². The normalized spacial score (nSPS) is 48.8. The quantitative estimate of drug-likeness (QED) is 0.577. The lowest BCUT2D eigenvalue weighted by molar-refractivity contribution is -0.122. The smallest absolute Gasteiger partial charge is 0.136 e. The number of rotatable bonds is 0. The van der Waals surface area contributed by atoms with Gasteiger partial charge in [0.1, 0.15) is 5.78 Å². The predicted octanol–water partition coefficient (Wildman–Crippen LogP) is 3.43. The van der Waals surface area contributed by atoms with Crippen LogP contribution in [-0.4, -0.2) is 5.78 Å². The molecule has 80 valence electrons. The van der Waals surface area contributed by atoms with E-state index in [1.807, 2.05) is 0 Å². The van der Waals surface area contributed by atoms with Crippen molar-refractivity contribution in [1.82, 2.24) is 0 Å². The Bertz CT molecular complexity index is 246. The Balaban J connectivity index is 2.24. The van der Waals surface area contributed by atoms with Crippen LogP contribution in [0.5, 0.6) is 0 Å². The number of hydrogen-bond donors (Lipinski definition) is 0. The first kappa shape index (κ1) is 10.2. The van der Waals surface area contributed by atoms with Crippen LogP contribution in [0.4, 0.5) is 0 Å². The minimum absolute atomic E-state index is 0.334. The maximum absolute atomic E-state index is 11.8. The summed E-state index contributed by atoms with van der Waals surface area (Å²) in [7, 11) is 0. The van der Waals surface area contributed by atoms with Gasteiger partial charge in [-0.05, 0) is 30.1 Å². The van der Waals surface area contributed by atoms with Gasteiger partial charge in [-0.1, -0.05) is 33.6 Å². The number of hydrogen-bond acceptors (Lipinski definition) is 1. The third kappa shape index (κ3) is 1.32. The molecule has 2 aliphatic rings. The molecule has 4 atom stereocenters. The molecule has 2 fully saturated rings. The number of carbonyl (C=O) groups excluding carboxylic acids is 1. The summed E-state index contributed by atoms with van der Waals surface area (Å²) in [5.41, 5.74) is 0.384. The molecule has 0 heterocycles. The van der Waals surface area contributed by atoms with Crippen molar-refractivity contribution in [3.8, 4) is 0 Å². The van der Waals surface area contributed by atoms with Gasteiger partial charge in [-0.15, -0.1) is 0 Å². The highest BCUT2D eigenvalue weighted by atomic mass is 16.1. The summed E-state index contributed by atoms with van der Waals surface area (Å²) < 4.78 is 0. The molecule has 0 aromatic heterocycles. The van der Waals surface area contributed by atoms with Crippen molar-refractivity contribution in [2.75, 3.05) is 0 Å². The lowest BCUT2D eigenvalue weighted by Crippen LogP contribution is -2.35. The maximum Gasteiger partial charge on any atom is 0.136 e. The summed E-state index contributed by atoms with van der Waals surface area (Å²) in [4.78, 5) is 11.8. The molecule has 0 aromatic carbocycles. The number of ketones is 1. The molecule has 0 radical (unpaired) electrons. The fourth-order valence-electron chi connectivity index (χ4n) is 3.90. The van der Waals surface area contributed by atoms with E-state index in [0.717, 1.165) is 12.3 Å². The largest absolute Gasteiger partial charge is 0.299 e. The van der Waals surface area contributed by atoms with Crippen LogP contribution in [0.1, 0.15) is 52.9 Å². The number of carbonyl (C=O) groups is 1. The van der Waals surface area contributed by atoms with Crippen LogP contribution >= 0.6 is 0 Å². The molecule has 2 saturated carbocycles. The van der Waals surface area contributed by atoms with Gasteiger partial charge in [-0.3, -0.25) is 4.79 Å². The first-order valence-corrected chi connectivity index (χ1v) is 6.09. The summed E-state index contributed by atoms with van der Waals surface area (Å²) in [6, 6.07) is 0. The molecule has 14 heavy (non-hydrogen) atoms. The zero-order valence-electron chi connectivity index (χ0n) is 9.68. The molecule has 1 spiro atoms. The SMILES string of the molecule is CC1CCCC2(C1)C(C)CC(=O)C2C. The molecule has 1 heteroatoms. The van der Waals surface area contributed by atoms with E-state index in [9.17, 15) is 4.79 Å². The molecular weight excluding hydrogens is 172 g/mol. The molecule has 0 bridgehead atoms. The van der Waals surface area contributed by atoms with Crippen LogP contribution in [-0.2, 0) is 4.79 Å². The van der Waals surface area contributed by atoms with E-state index in [2.05, 4.69) is 20.8 Å². The van der Waals surface area contributed by atoms with Gasteiger partial charge in [0.15, 0.2) is 0 Å². The van der Waals surface area contributed by atoms with Gasteiger partial charge in [0, 0.05) is 12.3 Å². The maximum atomic E-state index is 11.8. The van der Waals surface area contributed by atoms with Gasteiger partial charge in [-0.2, -0.15) is 0 Å². The number of Topliss-reactive ketones (excluding diaryl/α,β-unsaturated/α-hetero) is 1. The molecule has 2 aliphatic carbocycles. The Labute approximate surface area is 87.3 Å². The Morgan fingerprint density at radius 3 is 2.50 bits per heavy atom. The second-order valence-corrected chi connectivity index (χ2v) is 5.73. The van der Waals surface area contributed by atoms with Crippen molar-refractivity contribution in [3.63, 3.8) is 0 Å². The Hall–Kier alpha value is -0.330. The van der Waals surface area contributed by atoms with Crippen LogP contribution in [0, 0.1) is 23.2 Å². The molecule has 2 rings (SSSR count). The molecule has 0 aliphatic heterocycles. The summed E-state index contributed by atoms with van der Waals surface area (Å²) in [5, 5.41) is 0. The van der Waals surface area contributed by atoms with Crippen molar-refractivity contribution in [2.24, 2.45) is 23.2 Å². The van der Waals surface area contributed by atoms with E-state index in [1.54, 1.807) is 0 Å². The molecule has 0 N–H and O–H groups in total. The topological polar surface area (TPSA) is 17.1 Å². The Kier molecular flexibility index (Phi) is 2.45. The van der Waals surface area contributed by atoms with Crippen LogP contribution in [0.25, 0.3) is 0 Å². The molecule has 0 amide bonds. The third-order valence-electron chi connectivity index (χ3n) is 4.90. The van der Waals surface area contributed by atoms with Crippen LogP contribution < -0.4 is 0 Å². The van der Waals surface area contributed by atoms with Crippen LogP contribution in [0.2, 0.25) is 0 Å². The van der Waals surface area contributed by atoms with E-state index in [-0.39, 0.29) is 0 Å². The second-order valence-electron chi connectivity index (χ2n) is 5.73. The highest BCUT2D eigenvalue weighted by molar-refractivity contribution is 5.84. The van der Waals surface area contributed by atoms with Gasteiger partial charge in [0.25, 0.3) is 0 Å². The monoisotopic (exact) mass is 194 g/mol. The van der Waals surface area contributed by atoms with Crippen LogP contribution in [0.15, 0.2) is 0 Å². The minimum atomic E-state index is 0.334. The van der Waals surface area contributed by atoms with Crippen molar-refractivity contribution in [3.05, 3.63) is 0 Å². The van der Waals surface area contributed by atoms with E-state index >= 15 is 0 Å². The molecule has 1 nitrogen and oxygen atoms in total. The van der Waals surface area contributed by atoms with E-state index < -0.39 is 0 Å². The minimum Gasteiger partial charge on any atom is -0.299 e. The predicted molar refractivity (Wildman–Crippen MR) is 58.0 cm³/mol. The lowest BCUT2D eigenvalue weighted by atomic mass is 9.61. The fourth-order valence-corrected chi connectivity index (χ4v) is 3.90. The highest BCUT2D eigenvalue weighted by Crippen LogP contribution is 2.55. The van der Waals surface area contributed by atoms with Gasteiger partial charge in [0.05, 0.1) is 0 Å². The van der Waals surface area contributed by atoms with Crippen LogP contribution in [0.3, 0.4) is 0 Å². The van der Waals surface area contributed by atoms with Gasteiger partial charge in [-0.25, -0.2) is 0 Å². The standard InChI is InChI=1S/C13H22O/c1-9-5-4-6-13(8-9)10(2)7-12(14)11(13)3/h9-11H,4-8H2,1-3H3. The summed E-state index contributed by atoms with van der Waals surface area (Å²) in [5.74, 6) is 2.32. The summed E-state index contributed by atoms with van der Waals surface area (Å²) in [6.07, 6.45) is 6.14.